The van der Waals surface area contributed by atoms with Crippen LogP contribution in [0.15, 0.2) is 59.7 Å². The van der Waals surface area contributed by atoms with E-state index in [4.69, 9.17) is 9.84 Å². The van der Waals surface area contributed by atoms with Crippen LogP contribution in [0, 0.1) is 5.92 Å². The number of halogens is 3. The largest absolute Gasteiger partial charge is 0.494 e. The van der Waals surface area contributed by atoms with E-state index in [1.807, 2.05) is 29.1 Å². The summed E-state index contributed by atoms with van der Waals surface area (Å²) in [5.74, 6) is -0.570. The quantitative estimate of drug-likeness (QED) is 0.180. The highest BCUT2D eigenvalue weighted by Gasteiger charge is 2.35. The summed E-state index contributed by atoms with van der Waals surface area (Å²) in [6.07, 6.45) is 4.74. The van der Waals surface area contributed by atoms with Crippen LogP contribution in [0.4, 0.5) is 24.5 Å². The molecule has 0 spiro atoms. The molecule has 3 aliphatic rings. The number of hydrogen-bond donors (Lipinski definition) is 2. The number of anilines is 2. The van der Waals surface area contributed by atoms with Gasteiger partial charge in [-0.1, -0.05) is 6.07 Å². The van der Waals surface area contributed by atoms with Crippen molar-refractivity contribution < 1.29 is 32.3 Å². The van der Waals surface area contributed by atoms with E-state index in [1.165, 1.54) is 17.7 Å². The number of carbonyl (C=O) groups excluding carboxylic acids is 3. The molecule has 2 aliphatic heterocycles. The Morgan fingerprint density at radius 3 is 2.48 bits per heavy atom. The van der Waals surface area contributed by atoms with Crippen molar-refractivity contribution in [3.05, 3.63) is 76.6 Å². The maximum Gasteiger partial charge on any atom is 0.433 e. The van der Waals surface area contributed by atoms with E-state index in [0.717, 1.165) is 87.0 Å². The van der Waals surface area contributed by atoms with Crippen LogP contribution < -0.4 is 26.0 Å². The number of imidazole rings is 1. The standard InChI is InChI=1S/C41H46F3N9O5/c1-49(27-14-17-51(18-15-27)31-5-4-6-32-37(31)50(2)40(57)53(32)33-11-12-36(54)47-39(33)56)22-24-7-9-28(10-8-24)52-23-26-19-30(34(58-3)21-29(26)48-52)46-38(55)25-13-16-45-35(20-25)41(42,43)44/h4-6,13,16,19-21,23-24,27-28,33H,7-12,14-15,17-18,22H2,1-3H3,(H,46,55)(H,47,54,56)/t24-,28-,33?. The minimum atomic E-state index is -4.67. The van der Waals surface area contributed by atoms with E-state index in [9.17, 15) is 32.3 Å². The van der Waals surface area contributed by atoms with Crippen LogP contribution in [0.1, 0.15) is 79.5 Å². The third-order valence-electron chi connectivity index (χ3n) is 12.2. The van der Waals surface area contributed by atoms with Gasteiger partial charge in [0.2, 0.25) is 11.8 Å². The summed E-state index contributed by atoms with van der Waals surface area (Å²) in [5, 5.41) is 10.7. The van der Waals surface area contributed by atoms with E-state index in [0.29, 0.717) is 40.9 Å². The first-order chi connectivity index (χ1) is 27.8. The number of methoxy groups -OCH3 is 1. The normalized spacial score (nSPS) is 20.9. The zero-order valence-corrected chi connectivity index (χ0v) is 32.6. The SMILES string of the molecule is COc1cc2nn([C@H]3CC[C@H](CN(C)C4CCN(c5cccc6c5n(C)c(=O)n6C5CCC(=O)NC5=O)CC4)CC3)cc2cc1NC(=O)c1ccnc(C(F)(F)F)c1. The lowest BCUT2D eigenvalue weighted by Gasteiger charge is -2.40. The van der Waals surface area contributed by atoms with Gasteiger partial charge >= 0.3 is 11.9 Å². The van der Waals surface area contributed by atoms with Gasteiger partial charge in [-0.2, -0.15) is 18.3 Å². The van der Waals surface area contributed by atoms with E-state index in [2.05, 4.69) is 32.5 Å². The maximum atomic E-state index is 13.4. The number of benzene rings is 2. The lowest BCUT2D eigenvalue weighted by molar-refractivity contribution is -0.141. The highest BCUT2D eigenvalue weighted by Crippen LogP contribution is 2.37. The van der Waals surface area contributed by atoms with Gasteiger partial charge in [0.25, 0.3) is 5.91 Å². The minimum Gasteiger partial charge on any atom is -0.494 e. The molecule has 1 unspecified atom stereocenters. The van der Waals surface area contributed by atoms with Crippen LogP contribution in [0.5, 0.6) is 5.75 Å². The summed E-state index contributed by atoms with van der Waals surface area (Å²) in [5.41, 5.74) is 1.90. The highest BCUT2D eigenvalue weighted by atomic mass is 19.4. The molecule has 58 heavy (non-hydrogen) atoms. The van der Waals surface area contributed by atoms with Crippen molar-refractivity contribution in [3.63, 3.8) is 0 Å². The number of alkyl halides is 3. The third kappa shape index (κ3) is 7.54. The lowest BCUT2D eigenvalue weighted by Crippen LogP contribution is -2.45. The molecular formula is C41H46F3N9O5. The van der Waals surface area contributed by atoms with Crippen LogP contribution in [0.3, 0.4) is 0 Å². The fourth-order valence-corrected chi connectivity index (χ4v) is 9.05. The van der Waals surface area contributed by atoms with Crippen molar-refractivity contribution in [2.24, 2.45) is 13.0 Å². The van der Waals surface area contributed by atoms with Gasteiger partial charge < -0.3 is 19.9 Å². The summed E-state index contributed by atoms with van der Waals surface area (Å²) in [6.45, 7) is 2.67. The van der Waals surface area contributed by atoms with Gasteiger partial charge in [0.1, 0.15) is 17.5 Å². The molecule has 2 saturated heterocycles. The number of nitrogens with zero attached hydrogens (tertiary/aromatic N) is 7. The Labute approximate surface area is 331 Å². The third-order valence-corrected chi connectivity index (χ3v) is 12.2. The molecule has 8 rings (SSSR count). The first-order valence-corrected chi connectivity index (χ1v) is 19.7. The lowest BCUT2D eigenvalue weighted by atomic mass is 9.85. The summed E-state index contributed by atoms with van der Waals surface area (Å²) >= 11 is 0. The molecule has 1 saturated carbocycles. The molecule has 3 amide bonds. The Bertz CT molecular complexity index is 2440. The second kappa shape index (κ2) is 15.6. The average Bonchev–Trinajstić information content (AvgIpc) is 3.74. The predicted octanol–water partition coefficient (Wildman–Crippen LogP) is 5.67. The Kier molecular flexibility index (Phi) is 10.5. The van der Waals surface area contributed by atoms with Crippen LogP contribution in [-0.4, -0.2) is 86.4 Å². The van der Waals surface area contributed by atoms with E-state index in [1.54, 1.807) is 23.7 Å². The van der Waals surface area contributed by atoms with Crippen LogP contribution in [0.2, 0.25) is 0 Å². The Morgan fingerprint density at radius 2 is 1.78 bits per heavy atom. The number of carbonyl (C=O) groups is 3. The van der Waals surface area contributed by atoms with Crippen molar-refractivity contribution in [2.75, 3.05) is 44.0 Å². The van der Waals surface area contributed by atoms with Crippen molar-refractivity contribution in [1.82, 2.24) is 34.1 Å². The molecule has 5 aromatic rings. The van der Waals surface area contributed by atoms with Gasteiger partial charge in [-0.25, -0.2) is 4.79 Å². The predicted molar refractivity (Wildman–Crippen MR) is 211 cm³/mol. The molecule has 1 aliphatic carbocycles. The fourth-order valence-electron chi connectivity index (χ4n) is 9.05. The van der Waals surface area contributed by atoms with Crippen LogP contribution in [-0.2, 0) is 22.8 Å². The molecular weight excluding hydrogens is 756 g/mol. The molecule has 3 fully saturated rings. The summed E-state index contributed by atoms with van der Waals surface area (Å²) in [7, 11) is 5.41. The van der Waals surface area contributed by atoms with E-state index >= 15 is 0 Å². The number of piperidine rings is 2. The molecule has 0 bridgehead atoms. The molecule has 1 atom stereocenters. The second-order valence-corrected chi connectivity index (χ2v) is 15.8. The van der Waals surface area contributed by atoms with Crippen molar-refractivity contribution in [2.45, 2.75) is 75.7 Å². The van der Waals surface area contributed by atoms with Crippen molar-refractivity contribution in [3.8, 4) is 5.75 Å². The maximum absolute atomic E-state index is 13.4. The summed E-state index contributed by atoms with van der Waals surface area (Å²) in [6, 6.07) is 11.2. The molecule has 5 heterocycles. The summed E-state index contributed by atoms with van der Waals surface area (Å²) in [4.78, 5) is 59.0. The van der Waals surface area contributed by atoms with Gasteiger partial charge in [0.15, 0.2) is 0 Å². The van der Waals surface area contributed by atoms with Gasteiger partial charge in [0.05, 0.1) is 41.1 Å². The number of amides is 3. The van der Waals surface area contributed by atoms with Crippen LogP contribution >= 0.6 is 0 Å². The zero-order valence-electron chi connectivity index (χ0n) is 32.6. The number of para-hydroxylation sites is 1. The number of aryl methyl sites for hydroxylation is 1. The fraction of sp³-hybridized carbons (Fsp3) is 0.463. The Morgan fingerprint density at radius 1 is 1.02 bits per heavy atom. The molecule has 17 heteroatoms. The van der Waals surface area contributed by atoms with Crippen molar-refractivity contribution >= 4 is 51.0 Å². The molecule has 2 aromatic carbocycles. The molecule has 0 radical (unpaired) electrons. The number of rotatable bonds is 9. The van der Waals surface area contributed by atoms with Gasteiger partial charge in [-0.05, 0) is 88.2 Å². The second-order valence-electron chi connectivity index (χ2n) is 15.8. The number of fused-ring (bicyclic) bond motifs is 2. The molecule has 306 valence electrons. The molecule has 3 aromatic heterocycles. The number of hydrogen-bond acceptors (Lipinski definition) is 9. The van der Waals surface area contributed by atoms with E-state index in [-0.39, 0.29) is 29.6 Å². The van der Waals surface area contributed by atoms with Crippen LogP contribution in [0.25, 0.3) is 21.9 Å². The number of aromatic nitrogens is 5. The number of pyridine rings is 1. The average molecular weight is 802 g/mol. The minimum absolute atomic E-state index is 0.170. The first-order valence-electron chi connectivity index (χ1n) is 19.7. The number of nitrogens with one attached hydrogen (secondary N) is 2. The zero-order chi connectivity index (χ0) is 40.9. The molecule has 14 nitrogen and oxygen atoms in total. The van der Waals surface area contributed by atoms with Gasteiger partial charge in [-0.15, -0.1) is 0 Å². The van der Waals surface area contributed by atoms with Crippen molar-refractivity contribution in [1.29, 1.82) is 0 Å². The Hall–Kier alpha value is -5.71. The first kappa shape index (κ1) is 39.1. The molecule has 2 N–H and O–H groups in total. The smallest absolute Gasteiger partial charge is 0.433 e. The summed E-state index contributed by atoms with van der Waals surface area (Å²) < 4.78 is 50.2. The monoisotopic (exact) mass is 801 g/mol. The topological polar surface area (TPSA) is 149 Å². The highest BCUT2D eigenvalue weighted by molar-refractivity contribution is 6.06. The number of ether oxygens (including phenoxy) is 1. The Balaban J connectivity index is 0.866. The number of imide groups is 1. The van der Waals surface area contributed by atoms with Gasteiger partial charge in [0, 0.05) is 68.6 Å². The van der Waals surface area contributed by atoms with Gasteiger partial charge in [-0.3, -0.25) is 38.5 Å². The van der Waals surface area contributed by atoms with E-state index < -0.39 is 29.7 Å².